The maximum atomic E-state index is 6.19. The predicted octanol–water partition coefficient (Wildman–Crippen LogP) is 1.38. The summed E-state index contributed by atoms with van der Waals surface area (Å²) >= 11 is 0. The maximum Gasteiger partial charge on any atom is 0.226 e. The van der Waals surface area contributed by atoms with E-state index in [2.05, 4.69) is 17.1 Å². The Morgan fingerprint density at radius 3 is 2.88 bits per heavy atom. The number of rotatable bonds is 5. The fraction of sp³-hybridized carbons (Fsp3) is 0.818. The van der Waals surface area contributed by atoms with Gasteiger partial charge in [-0.1, -0.05) is 12.1 Å². The fourth-order valence-corrected chi connectivity index (χ4v) is 2.06. The van der Waals surface area contributed by atoms with Gasteiger partial charge >= 0.3 is 0 Å². The Labute approximate surface area is 95.3 Å². The molecule has 90 valence electrons. The quantitative estimate of drug-likeness (QED) is 0.819. The van der Waals surface area contributed by atoms with Crippen LogP contribution in [-0.4, -0.2) is 22.9 Å². The van der Waals surface area contributed by atoms with Gasteiger partial charge in [0, 0.05) is 13.0 Å². The molecule has 2 rings (SSSR count). The molecule has 0 aromatic carbocycles. The molecule has 1 aromatic heterocycles. The Kier molecular flexibility index (Phi) is 3.25. The monoisotopic (exact) mass is 225 g/mol. The first-order chi connectivity index (χ1) is 7.68. The van der Waals surface area contributed by atoms with Gasteiger partial charge in [-0.15, -0.1) is 0 Å². The standard InChI is InChI=1S/C11H19N3O2/c1-3-5-9-13-10(14-16-9)11(12)6-8(7-11)15-4-2/h8H,3-7,12H2,1-2H3. The molecular weight excluding hydrogens is 206 g/mol. The lowest BCUT2D eigenvalue weighted by Gasteiger charge is -2.41. The zero-order chi connectivity index (χ0) is 11.6. The third-order valence-corrected chi connectivity index (χ3v) is 2.96. The van der Waals surface area contributed by atoms with Crippen LogP contribution in [0.2, 0.25) is 0 Å². The van der Waals surface area contributed by atoms with Gasteiger partial charge in [0.1, 0.15) is 0 Å². The van der Waals surface area contributed by atoms with Gasteiger partial charge in [-0.05, 0) is 26.2 Å². The van der Waals surface area contributed by atoms with Crippen molar-refractivity contribution in [3.05, 3.63) is 11.7 Å². The minimum atomic E-state index is -0.435. The van der Waals surface area contributed by atoms with Gasteiger partial charge in [-0.2, -0.15) is 4.98 Å². The highest BCUT2D eigenvalue weighted by molar-refractivity contribution is 5.12. The first kappa shape index (κ1) is 11.5. The van der Waals surface area contributed by atoms with Crippen molar-refractivity contribution in [1.82, 2.24) is 10.1 Å². The minimum Gasteiger partial charge on any atom is -0.378 e. The lowest BCUT2D eigenvalue weighted by molar-refractivity contribution is -0.0426. The summed E-state index contributed by atoms with van der Waals surface area (Å²) in [6.45, 7) is 4.80. The molecule has 0 aliphatic heterocycles. The second-order valence-electron chi connectivity index (χ2n) is 4.40. The highest BCUT2D eigenvalue weighted by Gasteiger charge is 2.46. The predicted molar refractivity (Wildman–Crippen MR) is 58.8 cm³/mol. The van der Waals surface area contributed by atoms with Crippen LogP contribution in [0.3, 0.4) is 0 Å². The van der Waals surface area contributed by atoms with Crippen molar-refractivity contribution in [3.8, 4) is 0 Å². The number of hydrogen-bond donors (Lipinski definition) is 1. The van der Waals surface area contributed by atoms with Crippen molar-refractivity contribution in [2.24, 2.45) is 5.73 Å². The van der Waals surface area contributed by atoms with E-state index in [-0.39, 0.29) is 6.10 Å². The zero-order valence-corrected chi connectivity index (χ0v) is 9.90. The van der Waals surface area contributed by atoms with Crippen molar-refractivity contribution >= 4 is 0 Å². The molecule has 0 amide bonds. The Bertz CT molecular complexity index is 345. The van der Waals surface area contributed by atoms with Gasteiger partial charge in [0.2, 0.25) is 5.89 Å². The van der Waals surface area contributed by atoms with Crippen LogP contribution in [0.15, 0.2) is 4.52 Å². The second kappa shape index (κ2) is 4.51. The lowest BCUT2D eigenvalue weighted by atomic mass is 9.74. The van der Waals surface area contributed by atoms with Crippen molar-refractivity contribution < 1.29 is 9.26 Å². The minimum absolute atomic E-state index is 0.253. The summed E-state index contributed by atoms with van der Waals surface area (Å²) in [5.41, 5.74) is 5.75. The Balaban J connectivity index is 1.96. The number of aryl methyl sites for hydroxylation is 1. The Hall–Kier alpha value is -0.940. The van der Waals surface area contributed by atoms with Crippen molar-refractivity contribution in [1.29, 1.82) is 0 Å². The molecule has 1 aliphatic rings. The molecule has 1 saturated carbocycles. The average Bonchev–Trinajstić information content (AvgIpc) is 2.65. The van der Waals surface area contributed by atoms with E-state index in [1.807, 2.05) is 6.92 Å². The van der Waals surface area contributed by atoms with Gasteiger partial charge in [0.15, 0.2) is 5.82 Å². The molecule has 0 atom stereocenters. The number of aromatic nitrogens is 2. The van der Waals surface area contributed by atoms with Gasteiger partial charge in [-0.25, -0.2) is 0 Å². The number of hydrogen-bond acceptors (Lipinski definition) is 5. The SMILES string of the molecule is CCCc1nc(C2(N)CC(OCC)C2)no1. The van der Waals surface area contributed by atoms with Crippen LogP contribution in [0.4, 0.5) is 0 Å². The summed E-state index contributed by atoms with van der Waals surface area (Å²) < 4.78 is 10.6. The highest BCUT2D eigenvalue weighted by atomic mass is 16.5. The number of nitrogens with zero attached hydrogens (tertiary/aromatic N) is 2. The summed E-state index contributed by atoms with van der Waals surface area (Å²) in [4.78, 5) is 4.33. The molecule has 1 heterocycles. The van der Waals surface area contributed by atoms with Gasteiger partial charge < -0.3 is 15.0 Å². The van der Waals surface area contributed by atoms with Crippen LogP contribution in [0.1, 0.15) is 44.8 Å². The van der Waals surface area contributed by atoms with Crippen LogP contribution in [0, 0.1) is 0 Å². The van der Waals surface area contributed by atoms with E-state index in [4.69, 9.17) is 15.0 Å². The molecule has 1 aliphatic carbocycles. The molecule has 2 N–H and O–H groups in total. The smallest absolute Gasteiger partial charge is 0.226 e. The summed E-state index contributed by atoms with van der Waals surface area (Å²) in [7, 11) is 0. The topological polar surface area (TPSA) is 74.2 Å². The Morgan fingerprint density at radius 2 is 2.25 bits per heavy atom. The summed E-state index contributed by atoms with van der Waals surface area (Å²) in [6.07, 6.45) is 3.64. The van der Waals surface area contributed by atoms with Crippen molar-refractivity contribution in [3.63, 3.8) is 0 Å². The molecule has 0 saturated heterocycles. The molecule has 16 heavy (non-hydrogen) atoms. The van der Waals surface area contributed by atoms with Crippen LogP contribution >= 0.6 is 0 Å². The number of ether oxygens (including phenoxy) is 1. The molecule has 1 aromatic rings. The molecule has 0 bridgehead atoms. The molecule has 0 unspecified atom stereocenters. The fourth-order valence-electron chi connectivity index (χ4n) is 2.06. The van der Waals surface area contributed by atoms with Crippen LogP contribution < -0.4 is 5.73 Å². The molecular formula is C11H19N3O2. The van der Waals surface area contributed by atoms with E-state index in [1.54, 1.807) is 0 Å². The molecule has 5 heteroatoms. The van der Waals surface area contributed by atoms with Crippen molar-refractivity contribution in [2.45, 2.75) is 51.2 Å². The Morgan fingerprint density at radius 1 is 1.50 bits per heavy atom. The van der Waals surface area contributed by atoms with E-state index >= 15 is 0 Å². The number of nitrogens with two attached hydrogens (primary N) is 1. The van der Waals surface area contributed by atoms with E-state index in [0.717, 1.165) is 32.3 Å². The zero-order valence-electron chi connectivity index (χ0n) is 9.90. The lowest BCUT2D eigenvalue weighted by Crippen LogP contribution is -2.53. The summed E-state index contributed by atoms with van der Waals surface area (Å²) in [5, 5.41) is 3.96. The van der Waals surface area contributed by atoms with Crippen LogP contribution in [-0.2, 0) is 16.7 Å². The molecule has 0 radical (unpaired) electrons. The van der Waals surface area contributed by atoms with Gasteiger partial charge in [-0.3, -0.25) is 0 Å². The summed E-state index contributed by atoms with van der Waals surface area (Å²) in [5.74, 6) is 1.31. The largest absolute Gasteiger partial charge is 0.378 e. The van der Waals surface area contributed by atoms with Crippen LogP contribution in [0.25, 0.3) is 0 Å². The van der Waals surface area contributed by atoms with E-state index in [0.29, 0.717) is 11.7 Å². The normalized spacial score (nSPS) is 29.1. The third-order valence-electron chi connectivity index (χ3n) is 2.96. The molecule has 5 nitrogen and oxygen atoms in total. The second-order valence-corrected chi connectivity index (χ2v) is 4.40. The van der Waals surface area contributed by atoms with Gasteiger partial charge in [0.25, 0.3) is 0 Å². The average molecular weight is 225 g/mol. The van der Waals surface area contributed by atoms with E-state index in [9.17, 15) is 0 Å². The molecule has 0 spiro atoms. The van der Waals surface area contributed by atoms with E-state index in [1.165, 1.54) is 0 Å². The highest BCUT2D eigenvalue weighted by Crippen LogP contribution is 2.39. The van der Waals surface area contributed by atoms with E-state index < -0.39 is 5.54 Å². The third kappa shape index (κ3) is 2.10. The summed E-state index contributed by atoms with van der Waals surface area (Å²) in [6, 6.07) is 0. The molecule has 1 fully saturated rings. The van der Waals surface area contributed by atoms with Gasteiger partial charge in [0.05, 0.1) is 11.6 Å². The maximum absolute atomic E-state index is 6.19. The first-order valence-corrected chi connectivity index (χ1v) is 5.91. The van der Waals surface area contributed by atoms with Crippen LogP contribution in [0.5, 0.6) is 0 Å². The van der Waals surface area contributed by atoms with Crippen molar-refractivity contribution in [2.75, 3.05) is 6.61 Å². The first-order valence-electron chi connectivity index (χ1n) is 5.91.